The normalized spacial score (nSPS) is 17.0. The van der Waals surface area contributed by atoms with Crippen LogP contribution in [0.1, 0.15) is 34.9 Å². The predicted molar refractivity (Wildman–Crippen MR) is 85.6 cm³/mol. The van der Waals surface area contributed by atoms with Crippen molar-refractivity contribution in [3.8, 4) is 11.6 Å². The molecule has 0 bridgehead atoms. The molecule has 4 heteroatoms. The van der Waals surface area contributed by atoms with Crippen LogP contribution in [0, 0.1) is 12.7 Å². The number of hydrogen-bond donors (Lipinski definition) is 0. The molecule has 1 unspecified atom stereocenters. The topological polar surface area (TPSA) is 38.9 Å². The van der Waals surface area contributed by atoms with Crippen LogP contribution in [0.15, 0.2) is 47.0 Å². The number of pyridine rings is 1. The highest BCUT2D eigenvalue weighted by Crippen LogP contribution is 2.34. The molecule has 1 aliphatic carbocycles. The largest absolute Gasteiger partial charge is 0.440 e. The van der Waals surface area contributed by atoms with Crippen molar-refractivity contribution in [1.29, 1.82) is 0 Å². The molecule has 1 aromatic carbocycles. The Labute approximate surface area is 134 Å². The average Bonchev–Trinajstić information content (AvgIpc) is 2.98. The van der Waals surface area contributed by atoms with Crippen LogP contribution >= 0.6 is 0 Å². The van der Waals surface area contributed by atoms with Crippen molar-refractivity contribution >= 4 is 0 Å². The third-order valence-electron chi connectivity index (χ3n) is 4.40. The summed E-state index contributed by atoms with van der Waals surface area (Å²) in [4.78, 5) is 8.65. The lowest BCUT2D eigenvalue weighted by Crippen LogP contribution is -2.12. The van der Waals surface area contributed by atoms with E-state index in [1.54, 1.807) is 6.07 Å². The number of nitrogens with zero attached hydrogens (tertiary/aromatic N) is 2. The minimum atomic E-state index is -0.357. The standard InChI is InChI=1S/C19H17FN2O/c1-12-3-2-4-13(9-12)14-5-8-18-17(10-14)22-19(23-18)16-7-6-15(20)11-21-16/h2-4,6-7,9,11,14H,5,8,10H2,1H3. The second-order valence-electron chi connectivity index (χ2n) is 6.10. The molecule has 2 heterocycles. The van der Waals surface area contributed by atoms with E-state index in [0.29, 0.717) is 17.5 Å². The van der Waals surface area contributed by atoms with Crippen LogP contribution in [0.3, 0.4) is 0 Å². The van der Waals surface area contributed by atoms with Crippen LogP contribution in [0.5, 0.6) is 0 Å². The van der Waals surface area contributed by atoms with Crippen LogP contribution in [-0.4, -0.2) is 9.97 Å². The monoisotopic (exact) mass is 308 g/mol. The van der Waals surface area contributed by atoms with Gasteiger partial charge in [0.2, 0.25) is 5.89 Å². The van der Waals surface area contributed by atoms with E-state index in [1.165, 1.54) is 23.4 Å². The van der Waals surface area contributed by atoms with Crippen LogP contribution in [0.2, 0.25) is 0 Å². The second kappa shape index (κ2) is 5.61. The van der Waals surface area contributed by atoms with Crippen molar-refractivity contribution in [2.75, 3.05) is 0 Å². The maximum Gasteiger partial charge on any atom is 0.245 e. The first kappa shape index (κ1) is 14.1. The van der Waals surface area contributed by atoms with Gasteiger partial charge in [0.05, 0.1) is 11.9 Å². The van der Waals surface area contributed by atoms with Gasteiger partial charge in [0.15, 0.2) is 0 Å². The van der Waals surface area contributed by atoms with Gasteiger partial charge in [-0.25, -0.2) is 14.4 Å². The maximum absolute atomic E-state index is 13.0. The molecule has 0 radical (unpaired) electrons. The molecule has 0 amide bonds. The van der Waals surface area contributed by atoms with Crippen molar-refractivity contribution in [1.82, 2.24) is 9.97 Å². The summed E-state index contributed by atoms with van der Waals surface area (Å²) in [6, 6.07) is 11.6. The van der Waals surface area contributed by atoms with E-state index in [9.17, 15) is 4.39 Å². The Balaban J connectivity index is 1.62. The molecular weight excluding hydrogens is 291 g/mol. The molecule has 0 saturated carbocycles. The fraction of sp³-hybridized carbons (Fsp3) is 0.263. The fourth-order valence-corrected chi connectivity index (χ4v) is 3.20. The smallest absolute Gasteiger partial charge is 0.245 e. The lowest BCUT2D eigenvalue weighted by Gasteiger charge is -2.20. The molecule has 1 atom stereocenters. The number of rotatable bonds is 2. The number of fused-ring (bicyclic) bond motifs is 1. The van der Waals surface area contributed by atoms with Gasteiger partial charge in [-0.2, -0.15) is 0 Å². The molecule has 0 N–H and O–H groups in total. The highest BCUT2D eigenvalue weighted by molar-refractivity contribution is 5.47. The Morgan fingerprint density at radius 1 is 1.22 bits per heavy atom. The van der Waals surface area contributed by atoms with E-state index in [-0.39, 0.29) is 5.82 Å². The third-order valence-corrected chi connectivity index (χ3v) is 4.40. The first-order valence-corrected chi connectivity index (χ1v) is 7.86. The first-order chi connectivity index (χ1) is 11.2. The van der Waals surface area contributed by atoms with E-state index in [4.69, 9.17) is 4.42 Å². The van der Waals surface area contributed by atoms with E-state index in [2.05, 4.69) is 41.2 Å². The summed E-state index contributed by atoms with van der Waals surface area (Å²) in [5, 5.41) is 0. The molecule has 116 valence electrons. The number of aromatic nitrogens is 2. The van der Waals surface area contributed by atoms with E-state index < -0.39 is 0 Å². The van der Waals surface area contributed by atoms with E-state index in [1.807, 2.05) is 0 Å². The summed E-state index contributed by atoms with van der Waals surface area (Å²) < 4.78 is 18.8. The molecule has 23 heavy (non-hydrogen) atoms. The summed E-state index contributed by atoms with van der Waals surface area (Å²) >= 11 is 0. The van der Waals surface area contributed by atoms with Gasteiger partial charge in [-0.3, -0.25) is 0 Å². The minimum Gasteiger partial charge on any atom is -0.440 e. The summed E-state index contributed by atoms with van der Waals surface area (Å²) in [6.07, 6.45) is 4.00. The number of hydrogen-bond acceptors (Lipinski definition) is 3. The summed E-state index contributed by atoms with van der Waals surface area (Å²) in [5.74, 6) is 1.54. The van der Waals surface area contributed by atoms with Crippen LogP contribution in [0.4, 0.5) is 4.39 Å². The molecule has 3 aromatic rings. The van der Waals surface area contributed by atoms with Gasteiger partial charge in [0.1, 0.15) is 17.3 Å². The lowest BCUT2D eigenvalue weighted by atomic mass is 9.84. The van der Waals surface area contributed by atoms with Crippen LogP contribution < -0.4 is 0 Å². The Morgan fingerprint density at radius 2 is 2.13 bits per heavy atom. The number of aryl methyl sites for hydroxylation is 2. The molecule has 0 fully saturated rings. The molecule has 3 nitrogen and oxygen atoms in total. The molecule has 4 rings (SSSR count). The van der Waals surface area contributed by atoms with Crippen molar-refractivity contribution in [3.63, 3.8) is 0 Å². The van der Waals surface area contributed by atoms with Gasteiger partial charge < -0.3 is 4.42 Å². The average molecular weight is 308 g/mol. The molecule has 1 aliphatic rings. The number of benzene rings is 1. The Bertz CT molecular complexity index is 839. The van der Waals surface area contributed by atoms with Gasteiger partial charge in [-0.15, -0.1) is 0 Å². The van der Waals surface area contributed by atoms with Crippen molar-refractivity contribution in [2.24, 2.45) is 0 Å². The van der Waals surface area contributed by atoms with Gasteiger partial charge in [0.25, 0.3) is 0 Å². The van der Waals surface area contributed by atoms with Crippen molar-refractivity contribution in [3.05, 3.63) is 71.0 Å². The Morgan fingerprint density at radius 3 is 2.91 bits per heavy atom. The summed E-state index contributed by atoms with van der Waals surface area (Å²) in [7, 11) is 0. The predicted octanol–water partition coefficient (Wildman–Crippen LogP) is 4.46. The molecule has 0 spiro atoms. The van der Waals surface area contributed by atoms with Gasteiger partial charge in [-0.05, 0) is 37.0 Å². The van der Waals surface area contributed by atoms with E-state index in [0.717, 1.165) is 30.7 Å². The molecular formula is C19H17FN2O. The third kappa shape index (κ3) is 2.77. The SMILES string of the molecule is Cc1cccc(C2CCc3oc(-c4ccc(F)cn4)nc3C2)c1. The zero-order chi connectivity index (χ0) is 15.8. The molecule has 2 aromatic heterocycles. The fourth-order valence-electron chi connectivity index (χ4n) is 3.20. The lowest BCUT2D eigenvalue weighted by molar-refractivity contribution is 0.464. The molecule has 0 aliphatic heterocycles. The van der Waals surface area contributed by atoms with Crippen LogP contribution in [-0.2, 0) is 12.8 Å². The Hall–Kier alpha value is -2.49. The quantitative estimate of drug-likeness (QED) is 0.702. The zero-order valence-electron chi connectivity index (χ0n) is 12.9. The van der Waals surface area contributed by atoms with Gasteiger partial charge in [-0.1, -0.05) is 29.8 Å². The zero-order valence-corrected chi connectivity index (χ0v) is 12.9. The first-order valence-electron chi connectivity index (χ1n) is 7.86. The van der Waals surface area contributed by atoms with Crippen molar-refractivity contribution in [2.45, 2.75) is 32.1 Å². The summed E-state index contributed by atoms with van der Waals surface area (Å²) in [5.41, 5.74) is 4.22. The Kier molecular flexibility index (Phi) is 3.45. The van der Waals surface area contributed by atoms with Gasteiger partial charge in [0, 0.05) is 12.8 Å². The summed E-state index contributed by atoms with van der Waals surface area (Å²) in [6.45, 7) is 2.12. The second-order valence-corrected chi connectivity index (χ2v) is 6.10. The highest BCUT2D eigenvalue weighted by atomic mass is 19.1. The molecule has 0 saturated heterocycles. The highest BCUT2D eigenvalue weighted by Gasteiger charge is 2.25. The number of oxazole rings is 1. The van der Waals surface area contributed by atoms with Crippen LogP contribution in [0.25, 0.3) is 11.6 Å². The van der Waals surface area contributed by atoms with Crippen molar-refractivity contribution < 1.29 is 8.81 Å². The van der Waals surface area contributed by atoms with E-state index >= 15 is 0 Å². The minimum absolute atomic E-state index is 0.357. The number of halogens is 1. The van der Waals surface area contributed by atoms with Gasteiger partial charge >= 0.3 is 0 Å². The maximum atomic E-state index is 13.0.